The van der Waals surface area contributed by atoms with Gasteiger partial charge >= 0.3 is 6.98 Å². The zero-order valence-corrected chi connectivity index (χ0v) is 28.7. The third-order valence-corrected chi connectivity index (χ3v) is 11.0. The third kappa shape index (κ3) is 4.02. The van der Waals surface area contributed by atoms with Gasteiger partial charge in [-0.15, -0.1) is 0 Å². The predicted molar refractivity (Wildman–Crippen MR) is 208 cm³/mol. The fourth-order valence-corrected chi connectivity index (χ4v) is 8.68. The van der Waals surface area contributed by atoms with Crippen molar-refractivity contribution >= 4 is 46.4 Å². The molecule has 8 aromatic rings. The Morgan fingerprint density at radius 1 is 0.615 bits per heavy atom. The molecule has 0 radical (unpaired) electrons. The molecular formula is C45H32BN5O. The van der Waals surface area contributed by atoms with E-state index in [1.54, 1.807) is 0 Å². The van der Waals surface area contributed by atoms with Gasteiger partial charge < -0.3 is 14.4 Å². The molecule has 5 heterocycles. The quantitative estimate of drug-likeness (QED) is 0.106. The maximum atomic E-state index is 6.79. The molecule has 246 valence electrons. The summed E-state index contributed by atoms with van der Waals surface area (Å²) in [6.45, 7) is 4.52. The van der Waals surface area contributed by atoms with Crippen molar-refractivity contribution in [3.05, 3.63) is 175 Å². The van der Waals surface area contributed by atoms with Crippen molar-refractivity contribution in [1.29, 1.82) is 0 Å². The van der Waals surface area contributed by atoms with Crippen molar-refractivity contribution in [3.63, 3.8) is 0 Å². The van der Waals surface area contributed by atoms with Crippen LogP contribution in [0.25, 0.3) is 33.5 Å². The lowest BCUT2D eigenvalue weighted by atomic mass is 9.59. The Kier molecular flexibility index (Phi) is 6.00. The number of fused-ring (bicyclic) bond motifs is 10. The van der Waals surface area contributed by atoms with Crippen molar-refractivity contribution in [3.8, 4) is 34.0 Å². The number of aromatic nitrogens is 3. The number of pyridine rings is 1. The molecule has 3 aliphatic rings. The van der Waals surface area contributed by atoms with Crippen LogP contribution in [0.2, 0.25) is 0 Å². The number of hydrogen-bond acceptors (Lipinski definition) is 4. The van der Waals surface area contributed by atoms with Gasteiger partial charge in [-0.1, -0.05) is 105 Å². The fourth-order valence-electron chi connectivity index (χ4n) is 8.68. The maximum absolute atomic E-state index is 6.79. The Labute approximate surface area is 302 Å². The molecule has 0 fully saturated rings. The molecule has 0 bridgehead atoms. The Balaban J connectivity index is 1.04. The second-order valence-electron chi connectivity index (χ2n) is 14.2. The molecule has 0 saturated carbocycles. The number of nitrogens with zero attached hydrogens (tertiary/aromatic N) is 5. The van der Waals surface area contributed by atoms with Crippen LogP contribution in [0.4, 0.5) is 22.9 Å². The third-order valence-electron chi connectivity index (χ3n) is 11.0. The maximum Gasteiger partial charge on any atom is 0.422 e. The largest absolute Gasteiger partial charge is 0.458 e. The molecule has 2 aromatic heterocycles. The Morgan fingerprint density at radius 2 is 1.37 bits per heavy atom. The minimum Gasteiger partial charge on any atom is -0.458 e. The lowest BCUT2D eigenvalue weighted by Gasteiger charge is -2.35. The first-order chi connectivity index (χ1) is 25.6. The highest BCUT2D eigenvalue weighted by molar-refractivity contribution is 6.86. The number of ether oxygens (including phenoxy) is 1. The lowest BCUT2D eigenvalue weighted by Crippen LogP contribution is -2.55. The molecule has 0 spiro atoms. The summed E-state index contributed by atoms with van der Waals surface area (Å²) in [4.78, 5) is 9.65. The smallest absolute Gasteiger partial charge is 0.422 e. The van der Waals surface area contributed by atoms with Gasteiger partial charge in [0.15, 0.2) is 0 Å². The molecule has 3 aliphatic heterocycles. The normalized spacial score (nSPS) is 14.4. The molecule has 0 unspecified atom stereocenters. The topological polar surface area (TPSA) is 37.4 Å². The molecular weight excluding hydrogens is 637 g/mol. The number of anilines is 4. The molecule has 7 heteroatoms. The van der Waals surface area contributed by atoms with Crippen LogP contribution in [0.5, 0.6) is 11.5 Å². The Bertz CT molecular complexity index is 2720. The monoisotopic (exact) mass is 669 g/mol. The van der Waals surface area contributed by atoms with E-state index < -0.39 is 0 Å². The first kappa shape index (κ1) is 29.2. The molecule has 52 heavy (non-hydrogen) atoms. The van der Waals surface area contributed by atoms with Crippen molar-refractivity contribution in [2.75, 3.05) is 9.62 Å². The van der Waals surface area contributed by atoms with Gasteiger partial charge in [0, 0.05) is 28.9 Å². The number of benzene rings is 6. The summed E-state index contributed by atoms with van der Waals surface area (Å²) in [7, 11) is 0. The fraction of sp³-hybridized carbons (Fsp3) is 0.0667. The van der Waals surface area contributed by atoms with Gasteiger partial charge in [-0.05, 0) is 76.8 Å². The Hall–Kier alpha value is -6.60. The van der Waals surface area contributed by atoms with Crippen molar-refractivity contribution in [2.45, 2.75) is 19.3 Å². The summed E-state index contributed by atoms with van der Waals surface area (Å²) in [5.74, 6) is 2.42. The van der Waals surface area contributed by atoms with E-state index >= 15 is 0 Å². The standard InChI is InChI=1S/C45H32BN5O/c1-45(2)35-24-22-31(27-41(35)49-29-48(30-13-4-3-5-14-30)40-20-12-17-36(45)44(40)49)52-32-23-25-39-42(28-32)51(43-21-10-11-26-47-43)46-37-18-8-6-15-33(37)34-16-7-9-19-38(34)50(39)46/h3-28H,1-2H3. The molecule has 0 amide bonds. The second kappa shape index (κ2) is 10.7. The minimum atomic E-state index is -0.210. The average Bonchev–Trinajstić information content (AvgIpc) is 3.75. The van der Waals surface area contributed by atoms with Gasteiger partial charge in [-0.2, -0.15) is 0 Å². The van der Waals surface area contributed by atoms with Crippen molar-refractivity contribution in [1.82, 2.24) is 9.55 Å². The van der Waals surface area contributed by atoms with E-state index in [2.05, 4.69) is 178 Å². The van der Waals surface area contributed by atoms with E-state index in [1.807, 2.05) is 18.3 Å². The number of rotatable bonds is 4. The van der Waals surface area contributed by atoms with Crippen LogP contribution in [-0.4, -0.2) is 16.5 Å². The molecule has 0 N–H and O–H groups in total. The summed E-state index contributed by atoms with van der Waals surface area (Å²) in [6, 6.07) is 53.5. The number of imidazole rings is 1. The number of para-hydroxylation sites is 3. The first-order valence-electron chi connectivity index (χ1n) is 17.8. The van der Waals surface area contributed by atoms with E-state index in [4.69, 9.17) is 9.72 Å². The van der Waals surface area contributed by atoms with Crippen molar-refractivity contribution in [2.24, 2.45) is 0 Å². The van der Waals surface area contributed by atoms with Gasteiger partial charge in [0.1, 0.15) is 17.3 Å². The highest BCUT2D eigenvalue weighted by Crippen LogP contribution is 2.52. The predicted octanol–water partition coefficient (Wildman–Crippen LogP) is 9.20. The molecule has 0 atom stereocenters. The van der Waals surface area contributed by atoms with Crippen LogP contribution in [0.1, 0.15) is 25.0 Å². The SMILES string of the molecule is CC1(C)c2ccc(Oc3ccc4c(c3)N(c3ccccn3)B3c5ccccc5-c5ccccc5N34)cc2-n2[c-][n+](-c3ccccc3)c3cccc1c32. The van der Waals surface area contributed by atoms with E-state index in [0.717, 1.165) is 45.6 Å². The lowest BCUT2D eigenvalue weighted by molar-refractivity contribution is -0.572. The zero-order valence-electron chi connectivity index (χ0n) is 28.7. The van der Waals surface area contributed by atoms with E-state index in [9.17, 15) is 0 Å². The van der Waals surface area contributed by atoms with Crippen LogP contribution >= 0.6 is 0 Å². The number of hydrogen-bond donors (Lipinski definition) is 0. The molecule has 6 aromatic carbocycles. The summed E-state index contributed by atoms with van der Waals surface area (Å²) < 4.78 is 11.2. The van der Waals surface area contributed by atoms with Crippen molar-refractivity contribution < 1.29 is 9.30 Å². The summed E-state index contributed by atoms with van der Waals surface area (Å²) in [6.07, 6.45) is 5.56. The van der Waals surface area contributed by atoms with E-state index in [-0.39, 0.29) is 12.4 Å². The molecule has 0 saturated heterocycles. The summed E-state index contributed by atoms with van der Waals surface area (Å²) in [5.41, 5.74) is 13.8. The minimum absolute atomic E-state index is 0.0970. The highest BCUT2D eigenvalue weighted by atomic mass is 16.5. The molecule has 6 nitrogen and oxygen atoms in total. The van der Waals surface area contributed by atoms with Gasteiger partial charge in [0.05, 0.1) is 33.8 Å². The van der Waals surface area contributed by atoms with E-state index in [1.165, 1.54) is 38.9 Å². The second-order valence-corrected chi connectivity index (χ2v) is 14.2. The molecule has 0 aliphatic carbocycles. The van der Waals surface area contributed by atoms with Crippen LogP contribution in [0.3, 0.4) is 0 Å². The van der Waals surface area contributed by atoms with Crippen LogP contribution in [0, 0.1) is 6.33 Å². The zero-order chi connectivity index (χ0) is 34.6. The summed E-state index contributed by atoms with van der Waals surface area (Å²) >= 11 is 0. The van der Waals surface area contributed by atoms with Crippen LogP contribution < -0.4 is 24.4 Å². The highest BCUT2D eigenvalue weighted by Gasteiger charge is 2.48. The first-order valence-corrected chi connectivity index (χ1v) is 17.8. The van der Waals surface area contributed by atoms with Gasteiger partial charge in [0.25, 0.3) is 6.33 Å². The van der Waals surface area contributed by atoms with Gasteiger partial charge in [0.2, 0.25) is 0 Å². The van der Waals surface area contributed by atoms with Crippen LogP contribution in [-0.2, 0) is 5.41 Å². The van der Waals surface area contributed by atoms with Crippen LogP contribution in [0.15, 0.2) is 158 Å². The summed E-state index contributed by atoms with van der Waals surface area (Å²) in [5, 5.41) is 0. The molecule has 11 rings (SSSR count). The van der Waals surface area contributed by atoms with Gasteiger partial charge in [-0.3, -0.25) is 9.13 Å². The average molecular weight is 670 g/mol. The Morgan fingerprint density at radius 3 is 2.21 bits per heavy atom. The van der Waals surface area contributed by atoms with E-state index in [0.29, 0.717) is 0 Å². The van der Waals surface area contributed by atoms with Gasteiger partial charge in [-0.25, -0.2) is 4.98 Å².